The molecule has 0 aromatic rings. The van der Waals surface area contributed by atoms with Gasteiger partial charge in [-0.1, -0.05) is 6.58 Å². The maximum Gasteiger partial charge on any atom is 0.122 e. The maximum atomic E-state index is 5.08. The van der Waals surface area contributed by atoms with E-state index in [2.05, 4.69) is 11.3 Å². The molecule has 0 aromatic carbocycles. The second-order valence-electron chi connectivity index (χ2n) is 1.05. The quantitative estimate of drug-likeness (QED) is 0.357. The molecule has 0 aromatic heterocycles. The van der Waals surface area contributed by atoms with Crippen molar-refractivity contribution < 1.29 is 4.74 Å². The normalized spacial score (nSPS) is 8.00. The van der Waals surface area contributed by atoms with E-state index in [1.807, 2.05) is 0 Å². The SMILES string of the molecule is [B]COC(=C)C[B]. The van der Waals surface area contributed by atoms with Crippen molar-refractivity contribution in [2.45, 2.75) is 6.32 Å². The van der Waals surface area contributed by atoms with E-state index >= 15 is 0 Å². The Morgan fingerprint density at radius 2 is 2.14 bits per heavy atom. The molecule has 0 rings (SSSR count). The molecular weight excluding hydrogens is 85.7 g/mol. The highest BCUT2D eigenvalue weighted by Crippen LogP contribution is 1.93. The van der Waals surface area contributed by atoms with Crippen molar-refractivity contribution >= 4 is 15.7 Å². The second-order valence-corrected chi connectivity index (χ2v) is 1.05. The average Bonchev–Trinajstić information content (AvgIpc) is 1.68. The summed E-state index contributed by atoms with van der Waals surface area (Å²) >= 11 is 0. The molecule has 0 amide bonds. The van der Waals surface area contributed by atoms with Gasteiger partial charge in [-0.15, -0.1) is 0 Å². The summed E-state index contributed by atoms with van der Waals surface area (Å²) in [6, 6.07) is 0. The lowest BCUT2D eigenvalue weighted by molar-refractivity contribution is 0.272. The number of rotatable bonds is 3. The van der Waals surface area contributed by atoms with E-state index in [-0.39, 0.29) is 6.51 Å². The molecule has 1 nitrogen and oxygen atoms in total. The van der Waals surface area contributed by atoms with Crippen LogP contribution in [0.4, 0.5) is 0 Å². The Balaban J connectivity index is 3.00. The van der Waals surface area contributed by atoms with Crippen molar-refractivity contribution in [3.05, 3.63) is 12.3 Å². The highest BCUT2D eigenvalue weighted by Gasteiger charge is 1.82. The monoisotopic (exact) mass is 92.1 g/mol. The van der Waals surface area contributed by atoms with Gasteiger partial charge in [0.05, 0.1) is 13.6 Å². The van der Waals surface area contributed by atoms with Crippen LogP contribution in [0, 0.1) is 0 Å². The van der Waals surface area contributed by atoms with Gasteiger partial charge in [0, 0.05) is 6.51 Å². The zero-order chi connectivity index (χ0) is 5.70. The lowest BCUT2D eigenvalue weighted by Crippen LogP contribution is -1.90. The summed E-state index contributed by atoms with van der Waals surface area (Å²) < 4.78 is 4.65. The third-order valence-corrected chi connectivity index (χ3v) is 0.515. The highest BCUT2D eigenvalue weighted by molar-refractivity contribution is 6.10. The maximum absolute atomic E-state index is 5.08. The summed E-state index contributed by atoms with van der Waals surface area (Å²) in [5, 5.41) is 0. The first-order chi connectivity index (χ1) is 3.31. The van der Waals surface area contributed by atoms with E-state index in [1.54, 1.807) is 0 Å². The topological polar surface area (TPSA) is 9.23 Å². The van der Waals surface area contributed by atoms with Gasteiger partial charge in [0.15, 0.2) is 0 Å². The van der Waals surface area contributed by atoms with E-state index in [4.69, 9.17) is 15.7 Å². The highest BCUT2D eigenvalue weighted by atomic mass is 16.5. The number of hydrogen-bond donors (Lipinski definition) is 0. The molecule has 0 aliphatic carbocycles. The summed E-state index contributed by atoms with van der Waals surface area (Å²) in [6.45, 7) is 3.60. The van der Waals surface area contributed by atoms with Crippen LogP contribution < -0.4 is 0 Å². The molecule has 0 atom stereocenters. The van der Waals surface area contributed by atoms with E-state index < -0.39 is 0 Å². The molecule has 0 heterocycles. The first-order valence-corrected chi connectivity index (χ1v) is 2.02. The van der Waals surface area contributed by atoms with Crippen molar-refractivity contribution in [3.63, 3.8) is 0 Å². The Bertz CT molecular complexity index is 62.7. The van der Waals surface area contributed by atoms with Gasteiger partial charge in [-0.2, -0.15) is 0 Å². The van der Waals surface area contributed by atoms with Crippen LogP contribution in [0.15, 0.2) is 12.3 Å². The van der Waals surface area contributed by atoms with Crippen molar-refractivity contribution in [1.82, 2.24) is 0 Å². The minimum Gasteiger partial charge on any atom is -0.509 e. The third kappa shape index (κ3) is 3.50. The minimum absolute atomic E-state index is 0.163. The van der Waals surface area contributed by atoms with E-state index in [9.17, 15) is 0 Å². The molecule has 0 saturated heterocycles. The summed E-state index contributed by atoms with van der Waals surface area (Å²) in [5.74, 6) is 0.530. The van der Waals surface area contributed by atoms with E-state index in [0.29, 0.717) is 12.1 Å². The molecule has 0 fully saturated rings. The molecule has 0 unspecified atom stereocenters. The lowest BCUT2D eigenvalue weighted by Gasteiger charge is -2.00. The molecule has 0 N–H and O–H groups in total. The van der Waals surface area contributed by atoms with Crippen LogP contribution in [-0.2, 0) is 4.74 Å². The van der Waals surface area contributed by atoms with Crippen LogP contribution in [0.5, 0.6) is 0 Å². The van der Waals surface area contributed by atoms with Crippen molar-refractivity contribution in [3.8, 4) is 0 Å². The second kappa shape index (κ2) is 3.85. The van der Waals surface area contributed by atoms with E-state index in [0.717, 1.165) is 0 Å². The summed E-state index contributed by atoms with van der Waals surface area (Å²) in [4.78, 5) is 0. The van der Waals surface area contributed by atoms with Gasteiger partial charge in [-0.25, -0.2) is 0 Å². The fraction of sp³-hybridized carbons (Fsp3) is 0.500. The Hall–Kier alpha value is -0.330. The summed E-state index contributed by atoms with van der Waals surface area (Å²) in [6.07, 6.45) is 0.344. The third-order valence-electron chi connectivity index (χ3n) is 0.515. The Kier molecular flexibility index (Phi) is 3.66. The van der Waals surface area contributed by atoms with Crippen LogP contribution in [0.1, 0.15) is 0 Å². The zero-order valence-corrected chi connectivity index (χ0v) is 4.18. The first kappa shape index (κ1) is 6.67. The Morgan fingerprint density at radius 1 is 1.57 bits per heavy atom. The van der Waals surface area contributed by atoms with Crippen LogP contribution >= 0.6 is 0 Å². The summed E-state index contributed by atoms with van der Waals surface area (Å²) in [7, 11) is 10.0. The molecule has 4 radical (unpaired) electrons. The standard InChI is InChI=1S/C4H6B2O/c1-4(2-5)7-3-6/h1-3H2. The molecule has 3 heteroatoms. The fourth-order valence-electron chi connectivity index (χ4n) is 0.177. The number of allylic oxidation sites excluding steroid dienone is 1. The Morgan fingerprint density at radius 3 is 2.29 bits per heavy atom. The molecule has 0 aliphatic heterocycles. The largest absolute Gasteiger partial charge is 0.509 e. The smallest absolute Gasteiger partial charge is 0.122 e. The molecule has 34 valence electrons. The van der Waals surface area contributed by atoms with Gasteiger partial charge < -0.3 is 4.74 Å². The molecule has 0 bridgehead atoms. The molecule has 0 aliphatic rings. The summed E-state index contributed by atoms with van der Waals surface area (Å²) in [5.41, 5.74) is 0. The van der Waals surface area contributed by atoms with Crippen LogP contribution in [-0.4, -0.2) is 22.2 Å². The molecule has 0 saturated carbocycles. The minimum atomic E-state index is 0.163. The van der Waals surface area contributed by atoms with Gasteiger partial charge in [0.2, 0.25) is 0 Å². The molecule has 7 heavy (non-hydrogen) atoms. The zero-order valence-electron chi connectivity index (χ0n) is 4.18. The van der Waals surface area contributed by atoms with Gasteiger partial charge in [-0.3, -0.25) is 0 Å². The van der Waals surface area contributed by atoms with Gasteiger partial charge in [-0.05, 0) is 6.32 Å². The van der Waals surface area contributed by atoms with Crippen LogP contribution in [0.2, 0.25) is 6.32 Å². The van der Waals surface area contributed by atoms with Crippen molar-refractivity contribution in [2.75, 3.05) is 6.51 Å². The van der Waals surface area contributed by atoms with Crippen LogP contribution in [0.25, 0.3) is 0 Å². The van der Waals surface area contributed by atoms with E-state index in [1.165, 1.54) is 0 Å². The predicted molar refractivity (Wildman–Crippen MR) is 31.4 cm³/mol. The van der Waals surface area contributed by atoms with Gasteiger partial charge in [0.1, 0.15) is 7.85 Å². The predicted octanol–water partition coefficient (Wildman–Crippen LogP) is 0.229. The average molecular weight is 91.7 g/mol. The lowest BCUT2D eigenvalue weighted by atomic mass is 10.0. The molecule has 0 spiro atoms. The van der Waals surface area contributed by atoms with Crippen LogP contribution in [0.3, 0.4) is 0 Å². The number of hydrogen-bond acceptors (Lipinski definition) is 1. The Labute approximate surface area is 46.6 Å². The number of ether oxygens (including phenoxy) is 1. The first-order valence-electron chi connectivity index (χ1n) is 2.02. The van der Waals surface area contributed by atoms with Crippen molar-refractivity contribution in [2.24, 2.45) is 0 Å². The fourth-order valence-corrected chi connectivity index (χ4v) is 0.177. The molecular formula is C4H6B2O. The van der Waals surface area contributed by atoms with Gasteiger partial charge >= 0.3 is 0 Å². The van der Waals surface area contributed by atoms with Gasteiger partial charge in [0.25, 0.3) is 0 Å². The van der Waals surface area contributed by atoms with Crippen molar-refractivity contribution in [1.29, 1.82) is 0 Å².